The lowest BCUT2D eigenvalue weighted by Crippen LogP contribution is -2.35. The first-order valence-corrected chi connectivity index (χ1v) is 5.85. The maximum atomic E-state index is 11.9. The van der Waals surface area contributed by atoms with Crippen molar-refractivity contribution in [2.75, 3.05) is 0 Å². The maximum Gasteiger partial charge on any atom is 0.251 e. The lowest BCUT2D eigenvalue weighted by atomic mass is 10.1. The quantitative estimate of drug-likeness (QED) is 0.338. The summed E-state index contributed by atoms with van der Waals surface area (Å²) in [5, 5.41) is 14.6. The Morgan fingerprint density at radius 1 is 1.61 bits per heavy atom. The molecule has 1 aromatic rings. The summed E-state index contributed by atoms with van der Waals surface area (Å²) >= 11 is 5.95. The van der Waals surface area contributed by atoms with E-state index < -0.39 is 0 Å². The summed E-state index contributed by atoms with van der Waals surface area (Å²) in [5.41, 5.74) is 6.76. The standard InChI is InChI=1S/C12H16ClN3O2/c1-7-3-4-9(6-10(7)13)12(17)15-8(2)5-11(14)16-18/h3-4,6,8,18H,5H2,1-2H3,(H2,14,16)(H,15,17). The molecule has 98 valence electrons. The van der Waals surface area contributed by atoms with Crippen LogP contribution >= 0.6 is 11.6 Å². The highest BCUT2D eigenvalue weighted by Crippen LogP contribution is 2.16. The van der Waals surface area contributed by atoms with Gasteiger partial charge in [0.15, 0.2) is 0 Å². The van der Waals surface area contributed by atoms with Crippen LogP contribution in [0.3, 0.4) is 0 Å². The van der Waals surface area contributed by atoms with Gasteiger partial charge < -0.3 is 16.3 Å². The minimum atomic E-state index is -0.241. The Balaban J connectivity index is 2.67. The van der Waals surface area contributed by atoms with Crippen LogP contribution in [0, 0.1) is 6.92 Å². The van der Waals surface area contributed by atoms with Gasteiger partial charge in [-0.25, -0.2) is 0 Å². The number of aryl methyl sites for hydroxylation is 1. The van der Waals surface area contributed by atoms with Crippen molar-refractivity contribution in [2.45, 2.75) is 26.3 Å². The van der Waals surface area contributed by atoms with Crippen LogP contribution in [0.2, 0.25) is 5.02 Å². The lowest BCUT2D eigenvalue weighted by Gasteiger charge is -2.13. The highest BCUT2D eigenvalue weighted by Gasteiger charge is 2.12. The van der Waals surface area contributed by atoms with Gasteiger partial charge in [0, 0.05) is 23.0 Å². The first-order chi connectivity index (χ1) is 8.43. The second kappa shape index (κ2) is 6.26. The van der Waals surface area contributed by atoms with E-state index in [2.05, 4.69) is 10.5 Å². The van der Waals surface area contributed by atoms with Crippen LogP contribution in [0.5, 0.6) is 0 Å². The molecular weight excluding hydrogens is 254 g/mol. The van der Waals surface area contributed by atoms with Gasteiger partial charge in [0.2, 0.25) is 0 Å². The second-order valence-electron chi connectivity index (χ2n) is 4.13. The van der Waals surface area contributed by atoms with Crippen molar-refractivity contribution < 1.29 is 10.0 Å². The van der Waals surface area contributed by atoms with Gasteiger partial charge in [-0.2, -0.15) is 0 Å². The fourth-order valence-corrected chi connectivity index (χ4v) is 1.63. The molecule has 0 saturated carbocycles. The van der Waals surface area contributed by atoms with Crippen LogP contribution < -0.4 is 11.1 Å². The maximum absolute atomic E-state index is 11.9. The summed E-state index contributed by atoms with van der Waals surface area (Å²) in [6, 6.07) is 4.87. The predicted octanol–water partition coefficient (Wildman–Crippen LogP) is 1.90. The number of hydrogen-bond acceptors (Lipinski definition) is 3. The van der Waals surface area contributed by atoms with Crippen molar-refractivity contribution >= 4 is 23.3 Å². The van der Waals surface area contributed by atoms with Gasteiger partial charge in [0.05, 0.1) is 0 Å². The molecule has 1 rings (SSSR count). The number of oxime groups is 1. The van der Waals surface area contributed by atoms with Gasteiger partial charge in [0.25, 0.3) is 5.91 Å². The first-order valence-electron chi connectivity index (χ1n) is 5.47. The number of hydrogen-bond donors (Lipinski definition) is 3. The number of rotatable bonds is 4. The van der Waals surface area contributed by atoms with E-state index >= 15 is 0 Å². The normalized spacial score (nSPS) is 13.2. The van der Waals surface area contributed by atoms with E-state index in [1.54, 1.807) is 25.1 Å². The number of carbonyl (C=O) groups is 1. The van der Waals surface area contributed by atoms with Crippen LogP contribution in [0.25, 0.3) is 0 Å². The molecule has 0 bridgehead atoms. The second-order valence-corrected chi connectivity index (χ2v) is 4.54. The third-order valence-electron chi connectivity index (χ3n) is 2.46. The molecule has 0 radical (unpaired) electrons. The zero-order chi connectivity index (χ0) is 13.7. The molecule has 1 amide bonds. The Labute approximate surface area is 111 Å². The average Bonchev–Trinajstić information content (AvgIpc) is 2.32. The molecule has 0 saturated heterocycles. The van der Waals surface area contributed by atoms with E-state index in [4.69, 9.17) is 22.5 Å². The molecule has 0 aliphatic carbocycles. The summed E-state index contributed by atoms with van der Waals surface area (Å²) in [4.78, 5) is 11.9. The zero-order valence-electron chi connectivity index (χ0n) is 10.3. The fraction of sp³-hybridized carbons (Fsp3) is 0.333. The van der Waals surface area contributed by atoms with Gasteiger partial charge in [-0.3, -0.25) is 4.79 Å². The smallest absolute Gasteiger partial charge is 0.251 e. The van der Waals surface area contributed by atoms with E-state index in [-0.39, 0.29) is 24.2 Å². The Morgan fingerprint density at radius 3 is 2.83 bits per heavy atom. The van der Waals surface area contributed by atoms with Crippen LogP contribution in [0.15, 0.2) is 23.4 Å². The lowest BCUT2D eigenvalue weighted by molar-refractivity contribution is 0.0941. The van der Waals surface area contributed by atoms with Gasteiger partial charge in [0.1, 0.15) is 5.84 Å². The van der Waals surface area contributed by atoms with Crippen molar-refractivity contribution in [3.05, 3.63) is 34.3 Å². The molecule has 0 aliphatic rings. The van der Waals surface area contributed by atoms with Crippen molar-refractivity contribution in [1.29, 1.82) is 0 Å². The van der Waals surface area contributed by atoms with E-state index in [1.165, 1.54) is 0 Å². The van der Waals surface area contributed by atoms with Gasteiger partial charge in [-0.1, -0.05) is 22.8 Å². The van der Waals surface area contributed by atoms with Crippen molar-refractivity contribution in [2.24, 2.45) is 10.9 Å². The molecule has 4 N–H and O–H groups in total. The minimum Gasteiger partial charge on any atom is -0.409 e. The molecule has 0 aromatic heterocycles. The molecule has 18 heavy (non-hydrogen) atoms. The van der Waals surface area contributed by atoms with Crippen molar-refractivity contribution in [3.8, 4) is 0 Å². The van der Waals surface area contributed by atoms with E-state index in [1.807, 2.05) is 6.92 Å². The SMILES string of the molecule is Cc1ccc(C(=O)NC(C)CC(N)=NO)cc1Cl. The molecule has 0 heterocycles. The Kier molecular flexibility index (Phi) is 4.97. The topological polar surface area (TPSA) is 87.7 Å². The summed E-state index contributed by atoms with van der Waals surface area (Å²) < 4.78 is 0. The van der Waals surface area contributed by atoms with Gasteiger partial charge in [-0.15, -0.1) is 0 Å². The predicted molar refractivity (Wildman–Crippen MR) is 71.1 cm³/mol. The van der Waals surface area contributed by atoms with Crippen LogP contribution in [-0.2, 0) is 0 Å². The Bertz CT molecular complexity index is 474. The number of nitrogens with one attached hydrogen (secondary N) is 1. The van der Waals surface area contributed by atoms with Gasteiger partial charge in [-0.05, 0) is 31.5 Å². The fourth-order valence-electron chi connectivity index (χ4n) is 1.45. The molecule has 6 heteroatoms. The van der Waals surface area contributed by atoms with Gasteiger partial charge >= 0.3 is 0 Å². The molecule has 0 spiro atoms. The van der Waals surface area contributed by atoms with Crippen LogP contribution in [0.4, 0.5) is 0 Å². The summed E-state index contributed by atoms with van der Waals surface area (Å²) in [6.07, 6.45) is 0.280. The van der Waals surface area contributed by atoms with Crippen molar-refractivity contribution in [3.63, 3.8) is 0 Å². The van der Waals surface area contributed by atoms with Crippen LogP contribution in [-0.4, -0.2) is 23.0 Å². The van der Waals surface area contributed by atoms with E-state index in [0.717, 1.165) is 5.56 Å². The third-order valence-corrected chi connectivity index (χ3v) is 2.86. The van der Waals surface area contributed by atoms with E-state index in [9.17, 15) is 4.79 Å². The molecule has 1 aromatic carbocycles. The average molecular weight is 270 g/mol. The van der Waals surface area contributed by atoms with Crippen molar-refractivity contribution in [1.82, 2.24) is 5.32 Å². The first kappa shape index (κ1) is 14.3. The Morgan fingerprint density at radius 2 is 2.28 bits per heavy atom. The highest BCUT2D eigenvalue weighted by molar-refractivity contribution is 6.31. The zero-order valence-corrected chi connectivity index (χ0v) is 11.0. The number of benzene rings is 1. The molecule has 1 unspecified atom stereocenters. The largest absolute Gasteiger partial charge is 0.409 e. The molecule has 5 nitrogen and oxygen atoms in total. The third kappa shape index (κ3) is 3.92. The molecule has 1 atom stereocenters. The molecule has 0 fully saturated rings. The number of carbonyl (C=O) groups excluding carboxylic acids is 1. The summed E-state index contributed by atoms with van der Waals surface area (Å²) in [6.45, 7) is 3.64. The Hall–Kier alpha value is -1.75. The highest BCUT2D eigenvalue weighted by atomic mass is 35.5. The number of halogens is 1. The van der Waals surface area contributed by atoms with Crippen LogP contribution in [0.1, 0.15) is 29.3 Å². The molecular formula is C12H16ClN3O2. The van der Waals surface area contributed by atoms with E-state index in [0.29, 0.717) is 10.6 Å². The molecule has 0 aliphatic heterocycles. The number of nitrogens with two attached hydrogens (primary N) is 1. The summed E-state index contributed by atoms with van der Waals surface area (Å²) in [5.74, 6) is -0.167. The number of amidine groups is 1. The summed E-state index contributed by atoms with van der Waals surface area (Å²) in [7, 11) is 0. The number of amides is 1. The number of nitrogens with zero attached hydrogens (tertiary/aromatic N) is 1. The minimum absolute atomic E-state index is 0.0738. The monoisotopic (exact) mass is 269 g/mol.